The van der Waals surface area contributed by atoms with Crippen LogP contribution in [0.5, 0.6) is 0 Å². The van der Waals surface area contributed by atoms with Gasteiger partial charge in [-0.3, -0.25) is 0 Å². The van der Waals surface area contributed by atoms with Crippen molar-refractivity contribution < 1.29 is 13.2 Å². The molecule has 41 heavy (non-hydrogen) atoms. The highest BCUT2D eigenvalue weighted by atomic mass is 19.4. The Morgan fingerprint density at radius 3 is 2.32 bits per heavy atom. The topological polar surface area (TPSA) is 48.4 Å². The molecule has 0 amide bonds. The molecule has 6 nitrogen and oxygen atoms in total. The Hall–Kier alpha value is -3.98. The summed E-state index contributed by atoms with van der Waals surface area (Å²) in [5.74, 6) is 1.43. The van der Waals surface area contributed by atoms with Crippen LogP contribution < -0.4 is 9.80 Å². The summed E-state index contributed by atoms with van der Waals surface area (Å²) in [5.41, 5.74) is 2.67. The fourth-order valence-electron chi connectivity index (χ4n) is 5.30. The molecule has 9 heteroatoms. The highest BCUT2D eigenvalue weighted by Gasteiger charge is 2.30. The molecule has 0 saturated carbocycles. The zero-order valence-electron chi connectivity index (χ0n) is 23.6. The molecule has 5 rings (SSSR count). The van der Waals surface area contributed by atoms with Crippen LogP contribution in [0.3, 0.4) is 0 Å². The van der Waals surface area contributed by atoms with Crippen LogP contribution in [0, 0.1) is 0 Å². The van der Waals surface area contributed by atoms with E-state index in [0.717, 1.165) is 55.1 Å². The SMILES string of the molecule is CC(C)N1CCC(N(Cc2cccc(N(C)c3ccccn3)c2)c2nccc(-c3ccc(C(F)(F)F)cc3)n2)CC1. The van der Waals surface area contributed by atoms with E-state index in [9.17, 15) is 13.2 Å². The smallest absolute Gasteiger partial charge is 0.333 e. The predicted molar refractivity (Wildman–Crippen MR) is 157 cm³/mol. The highest BCUT2D eigenvalue weighted by Crippen LogP contribution is 2.32. The second-order valence-electron chi connectivity index (χ2n) is 10.7. The van der Waals surface area contributed by atoms with Gasteiger partial charge < -0.3 is 14.7 Å². The van der Waals surface area contributed by atoms with Gasteiger partial charge in [0.2, 0.25) is 5.95 Å². The Bertz CT molecular complexity index is 1420. The van der Waals surface area contributed by atoms with Gasteiger partial charge in [0.25, 0.3) is 0 Å². The second kappa shape index (κ2) is 12.3. The van der Waals surface area contributed by atoms with Crippen LogP contribution in [0.25, 0.3) is 11.3 Å². The largest absolute Gasteiger partial charge is 0.416 e. The van der Waals surface area contributed by atoms with Crippen LogP contribution in [0.1, 0.15) is 37.8 Å². The fraction of sp³-hybridized carbons (Fsp3) is 0.344. The lowest BCUT2D eigenvalue weighted by molar-refractivity contribution is -0.137. The van der Waals surface area contributed by atoms with Gasteiger partial charge in [0.15, 0.2) is 0 Å². The van der Waals surface area contributed by atoms with Gasteiger partial charge in [-0.05, 0) is 74.7 Å². The minimum atomic E-state index is -4.38. The third kappa shape index (κ3) is 6.85. The van der Waals surface area contributed by atoms with Gasteiger partial charge in [-0.2, -0.15) is 13.2 Å². The van der Waals surface area contributed by atoms with Crippen molar-refractivity contribution in [2.24, 2.45) is 0 Å². The average Bonchev–Trinajstić information content (AvgIpc) is 3.00. The number of rotatable bonds is 8. The zero-order valence-corrected chi connectivity index (χ0v) is 23.6. The number of benzene rings is 2. The maximum atomic E-state index is 13.1. The summed E-state index contributed by atoms with van der Waals surface area (Å²) < 4.78 is 39.3. The zero-order chi connectivity index (χ0) is 29.0. The molecule has 0 aliphatic carbocycles. The highest BCUT2D eigenvalue weighted by molar-refractivity contribution is 5.62. The molecule has 2 aromatic heterocycles. The van der Waals surface area contributed by atoms with Crippen LogP contribution in [0.2, 0.25) is 0 Å². The van der Waals surface area contributed by atoms with Crippen LogP contribution in [-0.4, -0.2) is 52.1 Å². The lowest BCUT2D eigenvalue weighted by atomic mass is 10.0. The first kappa shape index (κ1) is 28.5. The first-order valence-electron chi connectivity index (χ1n) is 13.9. The molecule has 3 heterocycles. The fourth-order valence-corrected chi connectivity index (χ4v) is 5.30. The molecule has 0 atom stereocenters. The number of anilines is 3. The number of nitrogens with zero attached hydrogens (tertiary/aromatic N) is 6. The standard InChI is InChI=1S/C32H35F3N6/c1-23(2)40-19-15-27(16-20-40)41(22-24-7-6-8-28(21-24)39(3)30-9-4-5-17-36-30)31-37-18-14-29(38-31)25-10-12-26(13-11-25)32(33,34)35/h4-14,17-18,21,23,27H,15-16,19-20,22H2,1-3H3. The number of pyridine rings is 1. The van der Waals surface area contributed by atoms with Crippen molar-refractivity contribution in [2.45, 2.75) is 51.5 Å². The minimum Gasteiger partial charge on any atom is -0.333 e. The molecule has 1 aliphatic heterocycles. The van der Waals surface area contributed by atoms with Crippen LogP contribution in [0.4, 0.5) is 30.6 Å². The van der Waals surface area contributed by atoms with Gasteiger partial charge in [0.05, 0.1) is 11.3 Å². The Balaban J connectivity index is 1.44. The monoisotopic (exact) mass is 560 g/mol. The van der Waals surface area contributed by atoms with Gasteiger partial charge in [-0.15, -0.1) is 0 Å². The van der Waals surface area contributed by atoms with Crippen molar-refractivity contribution in [3.8, 4) is 11.3 Å². The number of aromatic nitrogens is 3. The maximum Gasteiger partial charge on any atom is 0.416 e. The molecule has 0 N–H and O–H groups in total. The maximum absolute atomic E-state index is 13.1. The number of alkyl halides is 3. The van der Waals surface area contributed by atoms with Crippen LogP contribution >= 0.6 is 0 Å². The molecule has 1 saturated heterocycles. The summed E-state index contributed by atoms with van der Waals surface area (Å²) in [7, 11) is 2.00. The van der Waals surface area contributed by atoms with Crippen LogP contribution in [0.15, 0.2) is 85.2 Å². The van der Waals surface area contributed by atoms with Gasteiger partial charge in [-0.25, -0.2) is 15.0 Å². The number of hydrogen-bond acceptors (Lipinski definition) is 6. The van der Waals surface area contributed by atoms with Crippen molar-refractivity contribution >= 4 is 17.5 Å². The first-order valence-corrected chi connectivity index (χ1v) is 13.9. The van der Waals surface area contributed by atoms with Crippen molar-refractivity contribution in [2.75, 3.05) is 29.9 Å². The predicted octanol–water partition coefficient (Wildman–Crippen LogP) is 7.20. The lowest BCUT2D eigenvalue weighted by Crippen LogP contribution is -2.47. The third-order valence-corrected chi connectivity index (χ3v) is 7.72. The average molecular weight is 561 g/mol. The van der Waals surface area contributed by atoms with Crippen LogP contribution in [-0.2, 0) is 12.7 Å². The summed E-state index contributed by atoms with van der Waals surface area (Å²) in [5, 5.41) is 0. The summed E-state index contributed by atoms with van der Waals surface area (Å²) in [4.78, 5) is 20.8. The Kier molecular flexibility index (Phi) is 8.54. The molecule has 0 unspecified atom stereocenters. The summed E-state index contributed by atoms with van der Waals surface area (Å²) in [6.45, 7) is 7.02. The van der Waals surface area contributed by atoms with E-state index < -0.39 is 11.7 Å². The molecule has 214 valence electrons. The van der Waals surface area contributed by atoms with E-state index in [4.69, 9.17) is 4.98 Å². The normalized spacial score (nSPS) is 14.8. The molecule has 1 fully saturated rings. The third-order valence-electron chi connectivity index (χ3n) is 7.72. The number of hydrogen-bond donors (Lipinski definition) is 0. The molecule has 0 bridgehead atoms. The summed E-state index contributed by atoms with van der Waals surface area (Å²) in [6.07, 6.45) is 1.04. The minimum absolute atomic E-state index is 0.227. The molecule has 4 aromatic rings. The quantitative estimate of drug-likeness (QED) is 0.227. The van der Waals surface area contributed by atoms with E-state index in [-0.39, 0.29) is 6.04 Å². The van der Waals surface area contributed by atoms with Gasteiger partial charge in [0.1, 0.15) is 5.82 Å². The Morgan fingerprint density at radius 1 is 0.902 bits per heavy atom. The van der Waals surface area contributed by atoms with E-state index in [1.54, 1.807) is 18.5 Å². The number of halogens is 3. The first-order chi connectivity index (χ1) is 19.7. The molecule has 0 spiro atoms. The number of likely N-dealkylation sites (tertiary alicyclic amines) is 1. The van der Waals surface area contributed by atoms with Gasteiger partial charge >= 0.3 is 6.18 Å². The lowest BCUT2D eigenvalue weighted by Gasteiger charge is -2.40. The molecule has 2 aromatic carbocycles. The van der Waals surface area contributed by atoms with Crippen molar-refractivity contribution in [1.82, 2.24) is 19.9 Å². The summed E-state index contributed by atoms with van der Waals surface area (Å²) in [6, 6.07) is 21.8. The van der Waals surface area contributed by atoms with Crippen molar-refractivity contribution in [3.63, 3.8) is 0 Å². The molecule has 0 radical (unpaired) electrons. The Morgan fingerprint density at radius 2 is 1.66 bits per heavy atom. The van der Waals surface area contributed by atoms with E-state index in [1.807, 2.05) is 31.3 Å². The van der Waals surface area contributed by atoms with Gasteiger partial charge in [0, 0.05) is 62.4 Å². The summed E-state index contributed by atoms with van der Waals surface area (Å²) >= 11 is 0. The molecular formula is C32H35F3N6. The Labute approximate surface area is 239 Å². The second-order valence-corrected chi connectivity index (χ2v) is 10.7. The van der Waals surface area contributed by atoms with E-state index >= 15 is 0 Å². The van der Waals surface area contributed by atoms with Gasteiger partial charge in [-0.1, -0.05) is 30.3 Å². The van der Waals surface area contributed by atoms with Crippen molar-refractivity contribution in [3.05, 3.63) is 96.3 Å². The van der Waals surface area contributed by atoms with E-state index in [2.05, 4.69) is 56.7 Å². The molecule has 1 aliphatic rings. The van der Waals surface area contributed by atoms with E-state index in [1.165, 1.54) is 12.1 Å². The molecular weight excluding hydrogens is 525 g/mol. The van der Waals surface area contributed by atoms with Crippen molar-refractivity contribution in [1.29, 1.82) is 0 Å². The van der Waals surface area contributed by atoms with E-state index in [0.29, 0.717) is 29.8 Å². The number of piperidine rings is 1.